The van der Waals surface area contributed by atoms with Gasteiger partial charge in [0.15, 0.2) is 0 Å². The summed E-state index contributed by atoms with van der Waals surface area (Å²) in [6.45, 7) is 4.96. The van der Waals surface area contributed by atoms with E-state index < -0.39 is 0 Å². The molecule has 1 saturated heterocycles. The van der Waals surface area contributed by atoms with Gasteiger partial charge < -0.3 is 0 Å². The molecule has 5 aliphatic rings. The number of hydrogen-bond acceptors (Lipinski definition) is 2. The van der Waals surface area contributed by atoms with Gasteiger partial charge in [0.05, 0.1) is 0 Å². The van der Waals surface area contributed by atoms with Crippen LogP contribution in [0.1, 0.15) is 71.6 Å². The highest BCUT2D eigenvalue weighted by Crippen LogP contribution is 2.69. The SMILES string of the molecule is C[C@]12CC[C@@]3(CS3)C[C@@H]1CC[C@H]1[C@H]3CCC(=O)[C@@]3(C)CC[C@@H]12. The van der Waals surface area contributed by atoms with Gasteiger partial charge in [0.25, 0.3) is 0 Å². The molecule has 0 unspecified atom stereocenters. The van der Waals surface area contributed by atoms with Crippen molar-refractivity contribution in [2.45, 2.75) is 76.4 Å². The van der Waals surface area contributed by atoms with Gasteiger partial charge in [-0.3, -0.25) is 4.79 Å². The van der Waals surface area contributed by atoms with Gasteiger partial charge in [-0.05, 0) is 80.5 Å². The second kappa shape index (κ2) is 4.35. The standard InChI is InChI=1S/C20H30OS/c1-18-9-10-20(12-22-20)11-13(18)3-4-14-15-5-6-17(21)19(15,2)8-7-16(14)18/h13-16H,3-12H2,1-2H3/t13-,14-,15+,16-,18-,19-,20-/m0/s1. The zero-order valence-electron chi connectivity index (χ0n) is 14.2. The Morgan fingerprint density at radius 2 is 1.82 bits per heavy atom. The summed E-state index contributed by atoms with van der Waals surface area (Å²) in [7, 11) is 0. The molecule has 1 spiro atoms. The third kappa shape index (κ3) is 1.71. The molecule has 0 aromatic heterocycles. The van der Waals surface area contributed by atoms with Crippen LogP contribution in [-0.4, -0.2) is 16.3 Å². The summed E-state index contributed by atoms with van der Waals surface area (Å²) in [5.74, 6) is 5.55. The van der Waals surface area contributed by atoms with E-state index in [1.807, 2.05) is 0 Å². The van der Waals surface area contributed by atoms with Crippen LogP contribution in [0.3, 0.4) is 0 Å². The molecule has 4 aliphatic carbocycles. The molecule has 1 nitrogen and oxygen atoms in total. The summed E-state index contributed by atoms with van der Waals surface area (Å²) in [5, 5.41) is 0. The first-order chi connectivity index (χ1) is 10.5. The molecule has 1 aliphatic heterocycles. The maximum absolute atomic E-state index is 12.5. The van der Waals surface area contributed by atoms with Crippen LogP contribution in [0.5, 0.6) is 0 Å². The van der Waals surface area contributed by atoms with Crippen molar-refractivity contribution in [3.63, 3.8) is 0 Å². The Morgan fingerprint density at radius 1 is 1.00 bits per heavy atom. The molecule has 0 radical (unpaired) electrons. The summed E-state index contributed by atoms with van der Waals surface area (Å²) >= 11 is 2.25. The molecule has 1 heterocycles. The molecule has 0 bridgehead atoms. The number of fused-ring (bicyclic) bond motifs is 5. The van der Waals surface area contributed by atoms with Gasteiger partial charge in [-0.1, -0.05) is 13.8 Å². The quantitative estimate of drug-likeness (QED) is 0.579. The van der Waals surface area contributed by atoms with Crippen molar-refractivity contribution in [3.8, 4) is 0 Å². The molecule has 122 valence electrons. The lowest BCUT2D eigenvalue weighted by atomic mass is 9.45. The average Bonchev–Trinajstić information content (AvgIpc) is 3.19. The lowest BCUT2D eigenvalue weighted by molar-refractivity contribution is -0.139. The number of hydrogen-bond donors (Lipinski definition) is 0. The van der Waals surface area contributed by atoms with E-state index in [1.165, 1.54) is 57.1 Å². The second-order valence-electron chi connectivity index (χ2n) is 9.75. The molecule has 0 amide bonds. The van der Waals surface area contributed by atoms with E-state index in [0.29, 0.717) is 11.2 Å². The third-order valence-electron chi connectivity index (χ3n) is 9.06. The molecule has 0 aromatic carbocycles. The van der Waals surface area contributed by atoms with E-state index in [1.54, 1.807) is 0 Å². The van der Waals surface area contributed by atoms with Crippen LogP contribution in [0.2, 0.25) is 0 Å². The molecule has 2 heteroatoms. The van der Waals surface area contributed by atoms with Gasteiger partial charge in [-0.15, -0.1) is 0 Å². The van der Waals surface area contributed by atoms with Gasteiger partial charge in [0, 0.05) is 22.3 Å². The van der Waals surface area contributed by atoms with E-state index >= 15 is 0 Å². The highest BCUT2D eigenvalue weighted by Gasteiger charge is 2.62. The molecule has 4 saturated carbocycles. The molecule has 7 atom stereocenters. The van der Waals surface area contributed by atoms with E-state index in [4.69, 9.17) is 0 Å². The Labute approximate surface area is 139 Å². The summed E-state index contributed by atoms with van der Waals surface area (Å²) in [6, 6.07) is 0. The normalized spacial score (nSPS) is 59.8. The van der Waals surface area contributed by atoms with Crippen molar-refractivity contribution < 1.29 is 4.79 Å². The molecule has 0 N–H and O–H groups in total. The fourth-order valence-corrected chi connectivity index (χ4v) is 8.47. The van der Waals surface area contributed by atoms with Crippen molar-refractivity contribution in [3.05, 3.63) is 0 Å². The van der Waals surface area contributed by atoms with Crippen molar-refractivity contribution in [1.29, 1.82) is 0 Å². The summed E-state index contributed by atoms with van der Waals surface area (Å²) in [5.41, 5.74) is 0.664. The average molecular weight is 319 g/mol. The lowest BCUT2D eigenvalue weighted by Crippen LogP contribution is -2.54. The summed E-state index contributed by atoms with van der Waals surface area (Å²) < 4.78 is 0.726. The first-order valence-corrected chi connectivity index (χ1v) is 10.6. The Hall–Kier alpha value is 0.0200. The molecule has 0 aromatic rings. The van der Waals surface area contributed by atoms with E-state index in [2.05, 4.69) is 25.6 Å². The molecule has 5 rings (SSSR count). The van der Waals surface area contributed by atoms with Gasteiger partial charge >= 0.3 is 0 Å². The number of thioether (sulfide) groups is 1. The first kappa shape index (κ1) is 14.4. The Balaban J connectivity index is 1.45. The lowest BCUT2D eigenvalue weighted by Gasteiger charge is -2.60. The largest absolute Gasteiger partial charge is 0.299 e. The number of rotatable bonds is 0. The van der Waals surface area contributed by atoms with Crippen LogP contribution < -0.4 is 0 Å². The zero-order chi connectivity index (χ0) is 15.2. The third-order valence-corrected chi connectivity index (χ3v) is 10.5. The second-order valence-corrected chi connectivity index (χ2v) is 11.2. The minimum Gasteiger partial charge on any atom is -0.299 e. The predicted molar refractivity (Wildman–Crippen MR) is 91.9 cm³/mol. The van der Waals surface area contributed by atoms with Crippen molar-refractivity contribution in [2.75, 3.05) is 5.75 Å². The first-order valence-electron chi connectivity index (χ1n) is 9.64. The van der Waals surface area contributed by atoms with Gasteiger partial charge in [-0.2, -0.15) is 11.8 Å². The summed E-state index contributed by atoms with van der Waals surface area (Å²) in [4.78, 5) is 12.5. The van der Waals surface area contributed by atoms with Gasteiger partial charge in [0.1, 0.15) is 5.78 Å². The van der Waals surface area contributed by atoms with Crippen LogP contribution in [0.4, 0.5) is 0 Å². The molecular formula is C20H30OS. The smallest absolute Gasteiger partial charge is 0.139 e. The topological polar surface area (TPSA) is 17.1 Å². The van der Waals surface area contributed by atoms with E-state index in [0.717, 1.165) is 34.8 Å². The van der Waals surface area contributed by atoms with Crippen LogP contribution in [-0.2, 0) is 4.79 Å². The fraction of sp³-hybridized carbons (Fsp3) is 0.950. The Morgan fingerprint density at radius 3 is 2.59 bits per heavy atom. The van der Waals surface area contributed by atoms with Crippen molar-refractivity contribution in [1.82, 2.24) is 0 Å². The number of carbonyl (C=O) groups excluding carboxylic acids is 1. The van der Waals surface area contributed by atoms with E-state index in [-0.39, 0.29) is 5.41 Å². The Bertz CT molecular complexity index is 524. The summed E-state index contributed by atoms with van der Waals surface area (Å²) in [6.07, 6.45) is 12.0. The van der Waals surface area contributed by atoms with Gasteiger partial charge in [0.2, 0.25) is 0 Å². The van der Waals surface area contributed by atoms with Crippen LogP contribution in [0.25, 0.3) is 0 Å². The maximum Gasteiger partial charge on any atom is 0.139 e. The minimum atomic E-state index is 0.0621. The highest BCUT2D eigenvalue weighted by atomic mass is 32.2. The van der Waals surface area contributed by atoms with Crippen molar-refractivity contribution in [2.24, 2.45) is 34.5 Å². The predicted octanol–water partition coefficient (Wildman–Crippen LogP) is 5.08. The highest BCUT2D eigenvalue weighted by molar-refractivity contribution is 8.07. The monoisotopic (exact) mass is 318 g/mol. The zero-order valence-corrected chi connectivity index (χ0v) is 15.0. The van der Waals surface area contributed by atoms with Crippen molar-refractivity contribution >= 4 is 17.5 Å². The number of ketones is 1. The number of carbonyl (C=O) groups is 1. The van der Waals surface area contributed by atoms with Crippen LogP contribution >= 0.6 is 11.8 Å². The number of Topliss-reactive ketones (excluding diaryl/α,β-unsaturated/α-hetero) is 1. The maximum atomic E-state index is 12.5. The van der Waals surface area contributed by atoms with Gasteiger partial charge in [-0.25, -0.2) is 0 Å². The van der Waals surface area contributed by atoms with Crippen LogP contribution in [0, 0.1) is 34.5 Å². The van der Waals surface area contributed by atoms with Crippen LogP contribution in [0.15, 0.2) is 0 Å². The molecular weight excluding hydrogens is 288 g/mol. The molecule has 22 heavy (non-hydrogen) atoms. The molecule has 5 fully saturated rings. The Kier molecular flexibility index (Phi) is 2.84. The minimum absolute atomic E-state index is 0.0621. The van der Waals surface area contributed by atoms with E-state index in [9.17, 15) is 4.79 Å². The fourth-order valence-electron chi connectivity index (χ4n) is 7.44.